The molecule has 29 heavy (non-hydrogen) atoms. The molecule has 0 radical (unpaired) electrons. The van der Waals surface area contributed by atoms with Gasteiger partial charge in [0.1, 0.15) is 17.4 Å². The third-order valence-corrected chi connectivity index (χ3v) is 5.14. The molecular formula is C22H23N5O2. The minimum absolute atomic E-state index is 0.0562. The Morgan fingerprint density at radius 2 is 1.83 bits per heavy atom. The largest absolute Gasteiger partial charge is 0.497 e. The summed E-state index contributed by atoms with van der Waals surface area (Å²) in [6, 6.07) is 9.42. The lowest BCUT2D eigenvalue weighted by atomic mass is 10.1. The summed E-state index contributed by atoms with van der Waals surface area (Å²) < 4.78 is 5.19. The molecule has 1 aromatic carbocycles. The summed E-state index contributed by atoms with van der Waals surface area (Å²) in [7, 11) is 1.65. The number of carbonyl (C=O) groups is 1. The van der Waals surface area contributed by atoms with Gasteiger partial charge in [0.15, 0.2) is 0 Å². The third-order valence-electron chi connectivity index (χ3n) is 5.14. The van der Waals surface area contributed by atoms with Crippen LogP contribution in [-0.4, -0.2) is 39.4 Å². The number of nitrogens with one attached hydrogen (secondary N) is 1. The van der Waals surface area contributed by atoms with Gasteiger partial charge in [-0.1, -0.05) is 12.1 Å². The Morgan fingerprint density at radius 3 is 2.48 bits per heavy atom. The summed E-state index contributed by atoms with van der Waals surface area (Å²) in [6.07, 6.45) is 5.29. The molecule has 4 rings (SSSR count). The van der Waals surface area contributed by atoms with Crippen molar-refractivity contribution in [2.45, 2.75) is 26.4 Å². The number of hydrogen-bond donors (Lipinski definition) is 1. The van der Waals surface area contributed by atoms with E-state index in [1.165, 1.54) is 0 Å². The SMILES string of the molecule is CCN1Cc2c(ccnc2N[C@@H](C)c2ncc(-c3ccc(OC)cc3)cn2)C1=O. The van der Waals surface area contributed by atoms with Crippen LogP contribution in [0.15, 0.2) is 48.9 Å². The zero-order valence-corrected chi connectivity index (χ0v) is 16.7. The monoisotopic (exact) mass is 389 g/mol. The van der Waals surface area contributed by atoms with Gasteiger partial charge in [-0.3, -0.25) is 4.79 Å². The quantitative estimate of drug-likeness (QED) is 0.692. The normalized spacial score (nSPS) is 13.9. The zero-order chi connectivity index (χ0) is 20.4. The smallest absolute Gasteiger partial charge is 0.254 e. The van der Waals surface area contributed by atoms with E-state index in [1.54, 1.807) is 19.4 Å². The fourth-order valence-corrected chi connectivity index (χ4v) is 3.43. The first-order valence-corrected chi connectivity index (χ1v) is 9.60. The van der Waals surface area contributed by atoms with Crippen molar-refractivity contribution in [1.82, 2.24) is 19.9 Å². The van der Waals surface area contributed by atoms with Crippen molar-refractivity contribution in [3.8, 4) is 16.9 Å². The van der Waals surface area contributed by atoms with Crippen LogP contribution in [0.25, 0.3) is 11.1 Å². The van der Waals surface area contributed by atoms with Crippen LogP contribution in [0.2, 0.25) is 0 Å². The van der Waals surface area contributed by atoms with Crippen molar-refractivity contribution in [2.75, 3.05) is 19.0 Å². The molecule has 0 saturated carbocycles. The minimum atomic E-state index is -0.148. The van der Waals surface area contributed by atoms with Crippen LogP contribution in [0.1, 0.15) is 41.6 Å². The molecule has 7 heteroatoms. The standard InChI is InChI=1S/C22H23N5O2/c1-4-27-13-19-18(22(27)28)9-10-23-21(19)26-14(2)20-24-11-16(12-25-20)15-5-7-17(29-3)8-6-15/h5-12,14H,4,13H2,1-3H3,(H,23,26)/t14-/m0/s1. The molecule has 7 nitrogen and oxygen atoms in total. The van der Waals surface area contributed by atoms with Gasteiger partial charge in [0, 0.05) is 41.8 Å². The molecule has 2 aromatic heterocycles. The predicted octanol–water partition coefficient (Wildman–Crippen LogP) is 3.70. The maximum Gasteiger partial charge on any atom is 0.254 e. The van der Waals surface area contributed by atoms with Gasteiger partial charge in [0.25, 0.3) is 5.91 Å². The maximum absolute atomic E-state index is 12.4. The van der Waals surface area contributed by atoms with E-state index >= 15 is 0 Å². The van der Waals surface area contributed by atoms with Crippen LogP contribution < -0.4 is 10.1 Å². The highest BCUT2D eigenvalue weighted by molar-refractivity contribution is 5.99. The van der Waals surface area contributed by atoms with Crippen molar-refractivity contribution in [3.63, 3.8) is 0 Å². The van der Waals surface area contributed by atoms with Gasteiger partial charge in [-0.05, 0) is 37.6 Å². The summed E-state index contributed by atoms with van der Waals surface area (Å²) >= 11 is 0. The van der Waals surface area contributed by atoms with Crippen LogP contribution in [0.3, 0.4) is 0 Å². The van der Waals surface area contributed by atoms with Gasteiger partial charge in [0.2, 0.25) is 0 Å². The lowest BCUT2D eigenvalue weighted by Gasteiger charge is -2.16. The van der Waals surface area contributed by atoms with Crippen molar-refractivity contribution in [1.29, 1.82) is 0 Å². The van der Waals surface area contributed by atoms with E-state index in [1.807, 2.05) is 55.4 Å². The first kappa shape index (κ1) is 18.9. The Morgan fingerprint density at radius 1 is 1.10 bits per heavy atom. The summed E-state index contributed by atoms with van der Waals surface area (Å²) in [6.45, 7) is 5.21. The zero-order valence-electron chi connectivity index (χ0n) is 16.7. The molecule has 0 fully saturated rings. The van der Waals surface area contributed by atoms with Gasteiger partial charge in [-0.2, -0.15) is 0 Å². The van der Waals surface area contributed by atoms with Crippen molar-refractivity contribution < 1.29 is 9.53 Å². The fourth-order valence-electron chi connectivity index (χ4n) is 3.43. The topological polar surface area (TPSA) is 80.2 Å². The number of methoxy groups -OCH3 is 1. The number of rotatable bonds is 6. The third kappa shape index (κ3) is 3.63. The highest BCUT2D eigenvalue weighted by Crippen LogP contribution is 2.29. The lowest BCUT2D eigenvalue weighted by molar-refractivity contribution is 0.0787. The summed E-state index contributed by atoms with van der Waals surface area (Å²) in [5.41, 5.74) is 3.61. The van der Waals surface area contributed by atoms with Crippen molar-refractivity contribution >= 4 is 11.7 Å². The van der Waals surface area contributed by atoms with E-state index in [9.17, 15) is 4.79 Å². The molecule has 1 aliphatic rings. The molecule has 1 amide bonds. The van der Waals surface area contributed by atoms with Gasteiger partial charge >= 0.3 is 0 Å². The molecule has 0 bridgehead atoms. The minimum Gasteiger partial charge on any atom is -0.497 e. The van der Waals surface area contributed by atoms with E-state index < -0.39 is 0 Å². The van der Waals surface area contributed by atoms with Crippen LogP contribution >= 0.6 is 0 Å². The first-order valence-electron chi connectivity index (χ1n) is 9.60. The van der Waals surface area contributed by atoms with Crippen molar-refractivity contribution in [2.24, 2.45) is 0 Å². The summed E-state index contributed by atoms with van der Waals surface area (Å²) in [5.74, 6) is 2.24. The van der Waals surface area contributed by atoms with E-state index in [4.69, 9.17) is 4.74 Å². The molecule has 0 saturated heterocycles. The van der Waals surface area contributed by atoms with Crippen LogP contribution in [0.4, 0.5) is 5.82 Å². The fraction of sp³-hybridized carbons (Fsp3) is 0.273. The van der Waals surface area contributed by atoms with E-state index in [2.05, 4.69) is 20.3 Å². The number of nitrogens with zero attached hydrogens (tertiary/aromatic N) is 4. The predicted molar refractivity (Wildman–Crippen MR) is 111 cm³/mol. The van der Waals surface area contributed by atoms with Crippen LogP contribution in [-0.2, 0) is 6.54 Å². The number of benzene rings is 1. The van der Waals surface area contributed by atoms with Gasteiger partial charge in [-0.25, -0.2) is 15.0 Å². The van der Waals surface area contributed by atoms with E-state index in [0.29, 0.717) is 30.3 Å². The van der Waals surface area contributed by atoms with Gasteiger partial charge < -0.3 is 15.0 Å². The number of aromatic nitrogens is 3. The average Bonchev–Trinajstić information content (AvgIpc) is 3.11. The number of pyridine rings is 1. The highest BCUT2D eigenvalue weighted by Gasteiger charge is 2.29. The van der Waals surface area contributed by atoms with Crippen LogP contribution in [0.5, 0.6) is 5.75 Å². The Kier molecular flexibility index (Phi) is 5.12. The number of ether oxygens (including phenoxy) is 1. The van der Waals surface area contributed by atoms with Gasteiger partial charge in [-0.15, -0.1) is 0 Å². The average molecular weight is 389 g/mol. The Balaban J connectivity index is 1.51. The highest BCUT2D eigenvalue weighted by atomic mass is 16.5. The van der Waals surface area contributed by atoms with E-state index in [0.717, 1.165) is 22.4 Å². The molecule has 1 aliphatic heterocycles. The number of carbonyl (C=O) groups excluding carboxylic acids is 1. The number of fused-ring (bicyclic) bond motifs is 1. The van der Waals surface area contributed by atoms with Crippen molar-refractivity contribution in [3.05, 3.63) is 65.9 Å². The van der Waals surface area contributed by atoms with E-state index in [-0.39, 0.29) is 11.9 Å². The maximum atomic E-state index is 12.4. The summed E-state index contributed by atoms with van der Waals surface area (Å²) in [4.78, 5) is 27.7. The molecule has 148 valence electrons. The summed E-state index contributed by atoms with van der Waals surface area (Å²) in [5, 5.41) is 3.37. The number of hydrogen-bond acceptors (Lipinski definition) is 6. The molecule has 1 N–H and O–H groups in total. The molecule has 0 spiro atoms. The molecule has 0 aliphatic carbocycles. The number of amides is 1. The second-order valence-electron chi connectivity index (χ2n) is 6.93. The Hall–Kier alpha value is -3.48. The lowest BCUT2D eigenvalue weighted by Crippen LogP contribution is -2.22. The second-order valence-corrected chi connectivity index (χ2v) is 6.93. The van der Waals surface area contributed by atoms with Gasteiger partial charge in [0.05, 0.1) is 19.7 Å². The Bertz CT molecular complexity index is 1020. The Labute approximate surface area is 169 Å². The molecule has 3 heterocycles. The first-order chi connectivity index (χ1) is 14.1. The number of anilines is 1. The molecule has 3 aromatic rings. The molecule has 0 unspecified atom stereocenters. The molecular weight excluding hydrogens is 366 g/mol. The molecule has 1 atom stereocenters. The van der Waals surface area contributed by atoms with Crippen LogP contribution in [0, 0.1) is 0 Å². The second kappa shape index (κ2) is 7.87.